The Labute approximate surface area is 112 Å². The van der Waals surface area contributed by atoms with E-state index in [9.17, 15) is 0 Å². The van der Waals surface area contributed by atoms with Crippen LogP contribution >= 0.6 is 0 Å². The highest BCUT2D eigenvalue weighted by Crippen LogP contribution is 2.26. The average molecular weight is 248 g/mol. The van der Waals surface area contributed by atoms with Crippen LogP contribution in [-0.2, 0) is 0 Å². The van der Waals surface area contributed by atoms with Crippen molar-refractivity contribution in [3.05, 3.63) is 24.3 Å². The van der Waals surface area contributed by atoms with Gasteiger partial charge in [0.2, 0.25) is 0 Å². The first-order chi connectivity index (χ1) is 8.62. The molecule has 0 bridgehead atoms. The zero-order valence-corrected chi connectivity index (χ0v) is 12.4. The summed E-state index contributed by atoms with van der Waals surface area (Å²) in [5.41, 5.74) is 2.81. The van der Waals surface area contributed by atoms with E-state index in [0.717, 1.165) is 32.0 Å². The highest BCUT2D eigenvalue weighted by atomic mass is 15.2. The van der Waals surface area contributed by atoms with E-state index < -0.39 is 0 Å². The van der Waals surface area contributed by atoms with Crippen molar-refractivity contribution in [2.75, 3.05) is 26.2 Å². The molecule has 1 aliphatic rings. The summed E-state index contributed by atoms with van der Waals surface area (Å²) in [6.07, 6.45) is 5.08. The van der Waals surface area contributed by atoms with Crippen molar-refractivity contribution < 1.29 is 0 Å². The highest BCUT2D eigenvalue weighted by Gasteiger charge is 2.31. The summed E-state index contributed by atoms with van der Waals surface area (Å²) in [4.78, 5) is 7.23. The molecule has 0 N–H and O–H groups in total. The molecular weight excluding hydrogens is 220 g/mol. The Bertz CT molecular complexity index is 328. The van der Waals surface area contributed by atoms with Crippen molar-refractivity contribution in [1.82, 2.24) is 4.90 Å². The fourth-order valence-corrected chi connectivity index (χ4v) is 2.93. The normalized spacial score (nSPS) is 26.7. The fraction of sp³-hybridized carbons (Fsp3) is 0.688. The Morgan fingerprint density at radius 2 is 2.11 bits per heavy atom. The molecule has 1 aliphatic heterocycles. The zero-order chi connectivity index (χ0) is 13.5. The Morgan fingerprint density at radius 3 is 2.67 bits per heavy atom. The van der Waals surface area contributed by atoms with Crippen LogP contribution < -0.4 is 0 Å². The first kappa shape index (κ1) is 15.2. The number of nitrogens with zero attached hydrogens (tertiary/aromatic N) is 2. The van der Waals surface area contributed by atoms with Crippen LogP contribution in [0.3, 0.4) is 0 Å². The van der Waals surface area contributed by atoms with Gasteiger partial charge < -0.3 is 0 Å². The molecule has 1 saturated heterocycles. The molecule has 2 atom stereocenters. The minimum atomic E-state index is 0.659. The molecule has 0 aromatic rings. The molecule has 0 aromatic carbocycles. The number of likely N-dealkylation sites (tertiary alicyclic amines) is 1. The predicted molar refractivity (Wildman–Crippen MR) is 81.3 cm³/mol. The van der Waals surface area contributed by atoms with E-state index in [1.165, 1.54) is 17.8 Å². The molecular formula is C16H28N2. The van der Waals surface area contributed by atoms with Gasteiger partial charge in [0.05, 0.1) is 0 Å². The molecule has 0 aromatic heterocycles. The predicted octanol–water partition coefficient (Wildman–Crippen LogP) is 3.56. The summed E-state index contributed by atoms with van der Waals surface area (Å²) < 4.78 is 0. The van der Waals surface area contributed by atoms with Gasteiger partial charge in [-0.05, 0) is 26.2 Å². The second kappa shape index (κ2) is 7.52. The molecule has 0 amide bonds. The third kappa shape index (κ3) is 4.09. The number of aliphatic imine (C=N–C) groups is 1. The van der Waals surface area contributed by atoms with Crippen molar-refractivity contribution >= 4 is 5.71 Å². The average Bonchev–Trinajstić information content (AvgIpc) is 2.67. The second-order valence-corrected chi connectivity index (χ2v) is 5.35. The largest absolute Gasteiger partial charge is 0.298 e. The summed E-state index contributed by atoms with van der Waals surface area (Å²) in [6.45, 7) is 17.0. The third-order valence-corrected chi connectivity index (χ3v) is 3.71. The minimum Gasteiger partial charge on any atom is -0.298 e. The standard InChI is InChI=1S/C16H28N2/c1-6-9-13(4)10-18-11-14(5)15(12-18)16(7-2)17-8-3/h6,9,14-15H,1,7-8,10-12H2,2-5H3. The van der Waals surface area contributed by atoms with Gasteiger partial charge in [-0.25, -0.2) is 0 Å². The molecule has 1 heterocycles. The first-order valence-corrected chi connectivity index (χ1v) is 7.16. The van der Waals surface area contributed by atoms with Crippen LogP contribution in [0.25, 0.3) is 0 Å². The van der Waals surface area contributed by atoms with Crippen LogP contribution in [-0.4, -0.2) is 36.8 Å². The maximum atomic E-state index is 4.68. The summed E-state index contributed by atoms with van der Waals surface area (Å²) in [6, 6.07) is 0. The van der Waals surface area contributed by atoms with E-state index in [4.69, 9.17) is 0 Å². The minimum absolute atomic E-state index is 0.659. The summed E-state index contributed by atoms with van der Waals surface area (Å²) in [7, 11) is 0. The summed E-state index contributed by atoms with van der Waals surface area (Å²) >= 11 is 0. The van der Waals surface area contributed by atoms with E-state index in [0.29, 0.717) is 5.92 Å². The van der Waals surface area contributed by atoms with E-state index >= 15 is 0 Å². The molecule has 18 heavy (non-hydrogen) atoms. The molecule has 0 radical (unpaired) electrons. The Kier molecular flexibility index (Phi) is 6.34. The van der Waals surface area contributed by atoms with Gasteiger partial charge in [-0.15, -0.1) is 0 Å². The van der Waals surface area contributed by atoms with Gasteiger partial charge in [-0.2, -0.15) is 0 Å². The number of hydrogen-bond donors (Lipinski definition) is 0. The molecule has 2 nitrogen and oxygen atoms in total. The van der Waals surface area contributed by atoms with Gasteiger partial charge in [-0.3, -0.25) is 9.89 Å². The molecule has 0 saturated carbocycles. The molecule has 0 aliphatic carbocycles. The van der Waals surface area contributed by atoms with Crippen molar-refractivity contribution in [3.8, 4) is 0 Å². The molecule has 0 spiro atoms. The molecule has 1 rings (SSSR count). The van der Waals surface area contributed by atoms with E-state index in [1.54, 1.807) is 0 Å². The Hall–Kier alpha value is -0.890. The molecule has 102 valence electrons. The first-order valence-electron chi connectivity index (χ1n) is 7.16. The van der Waals surface area contributed by atoms with Gasteiger partial charge in [0, 0.05) is 37.8 Å². The maximum Gasteiger partial charge on any atom is 0.0360 e. The van der Waals surface area contributed by atoms with Gasteiger partial charge in [0.25, 0.3) is 0 Å². The fourth-order valence-electron chi connectivity index (χ4n) is 2.93. The maximum absolute atomic E-state index is 4.68. The third-order valence-electron chi connectivity index (χ3n) is 3.71. The quantitative estimate of drug-likeness (QED) is 0.518. The lowest BCUT2D eigenvalue weighted by Crippen LogP contribution is -2.25. The van der Waals surface area contributed by atoms with Crippen molar-refractivity contribution in [3.63, 3.8) is 0 Å². The second-order valence-electron chi connectivity index (χ2n) is 5.35. The number of hydrogen-bond acceptors (Lipinski definition) is 2. The summed E-state index contributed by atoms with van der Waals surface area (Å²) in [5.74, 6) is 1.39. The number of rotatable bonds is 6. The van der Waals surface area contributed by atoms with Crippen molar-refractivity contribution in [2.45, 2.75) is 34.1 Å². The number of allylic oxidation sites excluding steroid dienone is 2. The Morgan fingerprint density at radius 1 is 1.39 bits per heavy atom. The van der Waals surface area contributed by atoms with E-state index in [-0.39, 0.29) is 0 Å². The van der Waals surface area contributed by atoms with Crippen LogP contribution in [0.2, 0.25) is 0 Å². The van der Waals surface area contributed by atoms with E-state index in [1.807, 2.05) is 6.08 Å². The van der Waals surface area contributed by atoms with Gasteiger partial charge in [0.15, 0.2) is 0 Å². The molecule has 1 fully saturated rings. The monoisotopic (exact) mass is 248 g/mol. The van der Waals surface area contributed by atoms with Crippen LogP contribution in [0, 0.1) is 11.8 Å². The zero-order valence-electron chi connectivity index (χ0n) is 12.4. The lowest BCUT2D eigenvalue weighted by molar-refractivity contribution is 0.354. The topological polar surface area (TPSA) is 15.6 Å². The van der Waals surface area contributed by atoms with Gasteiger partial charge >= 0.3 is 0 Å². The summed E-state index contributed by atoms with van der Waals surface area (Å²) in [5, 5.41) is 0. The van der Waals surface area contributed by atoms with Gasteiger partial charge in [0.1, 0.15) is 0 Å². The van der Waals surface area contributed by atoms with Crippen molar-refractivity contribution in [2.24, 2.45) is 16.8 Å². The van der Waals surface area contributed by atoms with E-state index in [2.05, 4.69) is 50.2 Å². The van der Waals surface area contributed by atoms with Crippen LogP contribution in [0.15, 0.2) is 29.3 Å². The van der Waals surface area contributed by atoms with Crippen LogP contribution in [0.4, 0.5) is 0 Å². The van der Waals surface area contributed by atoms with Crippen LogP contribution in [0.1, 0.15) is 34.1 Å². The molecule has 2 heteroatoms. The highest BCUT2D eigenvalue weighted by molar-refractivity contribution is 5.87. The van der Waals surface area contributed by atoms with Crippen LogP contribution in [0.5, 0.6) is 0 Å². The SMILES string of the molecule is C=CC=C(C)CN1CC(C)C(C(CC)=NCC)C1. The molecule has 2 unspecified atom stereocenters. The smallest absolute Gasteiger partial charge is 0.0360 e. The van der Waals surface area contributed by atoms with Gasteiger partial charge in [-0.1, -0.05) is 38.2 Å². The Balaban J connectivity index is 2.63. The lowest BCUT2D eigenvalue weighted by atomic mass is 9.91. The van der Waals surface area contributed by atoms with Crippen molar-refractivity contribution in [1.29, 1.82) is 0 Å². The lowest BCUT2D eigenvalue weighted by Gasteiger charge is -2.17.